The van der Waals surface area contributed by atoms with E-state index in [1.807, 2.05) is 0 Å². The largest absolute Gasteiger partial charge is 0.478 e. The number of rotatable bonds is 1. The third-order valence-electron chi connectivity index (χ3n) is 2.10. The van der Waals surface area contributed by atoms with Crippen LogP contribution in [0.1, 0.15) is 32.8 Å². The number of carboxylic acids is 1. The van der Waals surface area contributed by atoms with Crippen LogP contribution in [-0.2, 0) is 6.42 Å². The normalized spacial score (nSPS) is 14.8. The minimum Gasteiger partial charge on any atom is -0.478 e. The van der Waals surface area contributed by atoms with Crippen molar-refractivity contribution in [2.75, 3.05) is 0 Å². The van der Waals surface area contributed by atoms with Crippen molar-refractivity contribution in [3.8, 4) is 0 Å². The number of hydrogen-bond donors (Lipinski definition) is 2. The van der Waals surface area contributed by atoms with Crippen LogP contribution in [0.4, 0.5) is 0 Å². The predicted octanol–water partition coefficient (Wildman–Crippen LogP) is 0.842. The second-order valence-electron chi connectivity index (χ2n) is 2.78. The van der Waals surface area contributed by atoms with Crippen LogP contribution in [0.3, 0.4) is 0 Å². The van der Waals surface area contributed by atoms with Gasteiger partial charge in [0.1, 0.15) is 0 Å². The van der Waals surface area contributed by atoms with Crippen molar-refractivity contribution in [3.63, 3.8) is 0 Å². The van der Waals surface area contributed by atoms with Gasteiger partial charge >= 0.3 is 5.97 Å². The van der Waals surface area contributed by atoms with E-state index in [1.54, 1.807) is 0 Å². The number of carbonyl (C=O) groups excluding carboxylic acids is 1. The van der Waals surface area contributed by atoms with E-state index < -0.39 is 5.97 Å². The molecule has 0 fully saturated rings. The third-order valence-corrected chi connectivity index (χ3v) is 2.10. The van der Waals surface area contributed by atoms with Crippen LogP contribution in [0.25, 0.3) is 0 Å². The summed E-state index contributed by atoms with van der Waals surface area (Å²) in [7, 11) is 0. The van der Waals surface area contributed by atoms with E-state index >= 15 is 0 Å². The molecule has 0 radical (unpaired) electrons. The molecule has 1 aromatic rings. The van der Waals surface area contributed by atoms with Gasteiger partial charge < -0.3 is 10.1 Å². The molecule has 62 valence electrons. The van der Waals surface area contributed by atoms with Gasteiger partial charge in [0.05, 0.1) is 11.3 Å². The molecule has 2 rings (SSSR count). The molecular weight excluding hydrogens is 158 g/mol. The Morgan fingerprint density at radius 2 is 2.25 bits per heavy atom. The smallest absolute Gasteiger partial charge is 0.337 e. The quantitative estimate of drug-likeness (QED) is 0.647. The fourth-order valence-corrected chi connectivity index (χ4v) is 1.52. The fourth-order valence-electron chi connectivity index (χ4n) is 1.52. The van der Waals surface area contributed by atoms with E-state index in [1.165, 1.54) is 6.20 Å². The van der Waals surface area contributed by atoms with Gasteiger partial charge in [-0.2, -0.15) is 0 Å². The van der Waals surface area contributed by atoms with Crippen molar-refractivity contribution < 1.29 is 14.7 Å². The van der Waals surface area contributed by atoms with Crippen LogP contribution in [0, 0.1) is 0 Å². The van der Waals surface area contributed by atoms with E-state index in [0.29, 0.717) is 24.1 Å². The van der Waals surface area contributed by atoms with Crippen LogP contribution in [-0.4, -0.2) is 21.8 Å². The molecule has 0 amide bonds. The molecule has 0 atom stereocenters. The molecule has 1 aliphatic carbocycles. The number of hydrogen-bond acceptors (Lipinski definition) is 2. The van der Waals surface area contributed by atoms with Crippen LogP contribution < -0.4 is 0 Å². The Bertz CT molecular complexity index is 364. The standard InChI is InChI=1S/C8H7NO3/c10-6-2-1-4-5(8(11)12)3-9-7(4)6/h3,9H,1-2H2,(H,11,12). The average molecular weight is 165 g/mol. The number of aromatic carboxylic acids is 1. The van der Waals surface area contributed by atoms with Gasteiger partial charge in [-0.25, -0.2) is 4.79 Å². The highest BCUT2D eigenvalue weighted by Gasteiger charge is 2.26. The molecule has 1 heterocycles. The average Bonchev–Trinajstić information content (AvgIpc) is 2.53. The fraction of sp³-hybridized carbons (Fsp3) is 0.250. The summed E-state index contributed by atoms with van der Waals surface area (Å²) in [6, 6.07) is 0. The molecule has 1 aromatic heterocycles. The van der Waals surface area contributed by atoms with Gasteiger partial charge in [0.15, 0.2) is 5.78 Å². The summed E-state index contributed by atoms with van der Waals surface area (Å²) in [6.45, 7) is 0. The summed E-state index contributed by atoms with van der Waals surface area (Å²) in [5, 5.41) is 8.69. The van der Waals surface area contributed by atoms with E-state index in [2.05, 4.69) is 4.98 Å². The van der Waals surface area contributed by atoms with Crippen molar-refractivity contribution in [1.82, 2.24) is 4.98 Å². The van der Waals surface area contributed by atoms with Crippen molar-refractivity contribution in [1.29, 1.82) is 0 Å². The summed E-state index contributed by atoms with van der Waals surface area (Å²) >= 11 is 0. The maximum atomic E-state index is 11.1. The number of aromatic nitrogens is 1. The minimum absolute atomic E-state index is 0.0116. The Morgan fingerprint density at radius 3 is 2.92 bits per heavy atom. The first-order valence-electron chi connectivity index (χ1n) is 3.67. The molecule has 0 unspecified atom stereocenters. The summed E-state index contributed by atoms with van der Waals surface area (Å²) in [4.78, 5) is 24.4. The molecule has 1 aliphatic rings. The maximum Gasteiger partial charge on any atom is 0.337 e. The van der Waals surface area contributed by atoms with Crippen molar-refractivity contribution in [2.45, 2.75) is 12.8 Å². The van der Waals surface area contributed by atoms with E-state index in [4.69, 9.17) is 5.11 Å². The zero-order valence-corrected chi connectivity index (χ0v) is 6.26. The van der Waals surface area contributed by atoms with Crippen LogP contribution in [0.2, 0.25) is 0 Å². The summed E-state index contributed by atoms with van der Waals surface area (Å²) in [5.41, 5.74) is 1.37. The number of H-pyrrole nitrogens is 1. The number of nitrogens with one attached hydrogen (secondary N) is 1. The first kappa shape index (κ1) is 7.09. The van der Waals surface area contributed by atoms with Gasteiger partial charge in [-0.3, -0.25) is 4.79 Å². The molecule has 12 heavy (non-hydrogen) atoms. The van der Waals surface area contributed by atoms with Gasteiger partial charge in [-0.05, 0) is 12.0 Å². The molecule has 4 heteroatoms. The number of fused-ring (bicyclic) bond motifs is 1. The van der Waals surface area contributed by atoms with E-state index in [9.17, 15) is 9.59 Å². The highest BCUT2D eigenvalue weighted by atomic mass is 16.4. The lowest BCUT2D eigenvalue weighted by molar-refractivity contribution is 0.0695. The first-order valence-corrected chi connectivity index (χ1v) is 3.67. The van der Waals surface area contributed by atoms with Crippen LogP contribution in [0.5, 0.6) is 0 Å². The Morgan fingerprint density at radius 1 is 1.50 bits per heavy atom. The first-order chi connectivity index (χ1) is 5.70. The van der Waals surface area contributed by atoms with Gasteiger partial charge in [0, 0.05) is 12.6 Å². The Hall–Kier alpha value is -1.58. The summed E-state index contributed by atoms with van der Waals surface area (Å²) in [6.07, 6.45) is 2.37. The van der Waals surface area contributed by atoms with Gasteiger partial charge in [0.25, 0.3) is 0 Å². The lowest BCUT2D eigenvalue weighted by atomic mass is 10.1. The van der Waals surface area contributed by atoms with Gasteiger partial charge in [0.2, 0.25) is 0 Å². The molecular formula is C8H7NO3. The van der Waals surface area contributed by atoms with Crippen LogP contribution >= 0.6 is 0 Å². The number of ketones is 1. The summed E-state index contributed by atoms with van der Waals surface area (Å²) < 4.78 is 0. The number of aromatic amines is 1. The lowest BCUT2D eigenvalue weighted by Gasteiger charge is -1.90. The molecule has 0 aromatic carbocycles. The van der Waals surface area contributed by atoms with Gasteiger partial charge in [-0.15, -0.1) is 0 Å². The van der Waals surface area contributed by atoms with E-state index in [0.717, 1.165) is 0 Å². The van der Waals surface area contributed by atoms with Crippen molar-refractivity contribution >= 4 is 11.8 Å². The number of carboxylic acid groups (broad SMARTS) is 1. The molecule has 4 nitrogen and oxygen atoms in total. The minimum atomic E-state index is -0.970. The second-order valence-corrected chi connectivity index (χ2v) is 2.78. The van der Waals surface area contributed by atoms with Gasteiger partial charge in [-0.1, -0.05) is 0 Å². The molecule has 0 bridgehead atoms. The molecule has 0 saturated carbocycles. The molecule has 0 spiro atoms. The Labute approximate surface area is 68.2 Å². The zero-order valence-electron chi connectivity index (χ0n) is 6.26. The Balaban J connectivity index is 2.56. The monoisotopic (exact) mass is 165 g/mol. The summed E-state index contributed by atoms with van der Waals surface area (Å²) in [5.74, 6) is -0.959. The topological polar surface area (TPSA) is 70.2 Å². The van der Waals surface area contributed by atoms with Crippen LogP contribution in [0.15, 0.2) is 6.20 Å². The molecule has 0 saturated heterocycles. The highest BCUT2D eigenvalue weighted by Crippen LogP contribution is 2.24. The van der Waals surface area contributed by atoms with E-state index in [-0.39, 0.29) is 11.3 Å². The maximum absolute atomic E-state index is 11.1. The van der Waals surface area contributed by atoms with Crippen molar-refractivity contribution in [3.05, 3.63) is 23.0 Å². The third kappa shape index (κ3) is 0.777. The number of carbonyl (C=O) groups is 2. The molecule has 0 aliphatic heterocycles. The van der Waals surface area contributed by atoms with Crippen molar-refractivity contribution in [2.24, 2.45) is 0 Å². The zero-order chi connectivity index (χ0) is 8.72. The SMILES string of the molecule is O=C(O)c1c[nH]c2c1CCC2=O. The number of Topliss-reactive ketones (excluding diaryl/α,β-unsaturated/α-hetero) is 1. The second kappa shape index (κ2) is 2.20. The molecule has 2 N–H and O–H groups in total. The highest BCUT2D eigenvalue weighted by molar-refractivity contribution is 6.03. The Kier molecular flexibility index (Phi) is 1.30. The lowest BCUT2D eigenvalue weighted by Crippen LogP contribution is -1.97. The predicted molar refractivity (Wildman–Crippen MR) is 40.4 cm³/mol.